The lowest BCUT2D eigenvalue weighted by atomic mass is 10.0. The van der Waals surface area contributed by atoms with Crippen molar-refractivity contribution in [2.45, 2.75) is 26.8 Å². The van der Waals surface area contributed by atoms with Crippen molar-refractivity contribution in [1.82, 2.24) is 20.4 Å². The summed E-state index contributed by atoms with van der Waals surface area (Å²) in [4.78, 5) is 41.4. The highest BCUT2D eigenvalue weighted by Gasteiger charge is 2.33. The molecule has 8 heteroatoms. The molecule has 30 heavy (non-hydrogen) atoms. The third-order valence-electron chi connectivity index (χ3n) is 5.18. The number of furan rings is 1. The number of benzene rings is 1. The maximum atomic E-state index is 12.9. The van der Waals surface area contributed by atoms with E-state index in [1.807, 2.05) is 42.2 Å². The molecule has 1 aromatic carbocycles. The van der Waals surface area contributed by atoms with E-state index in [2.05, 4.69) is 10.6 Å². The molecular weight excluding hydrogens is 384 g/mol. The van der Waals surface area contributed by atoms with Gasteiger partial charge in [-0.05, 0) is 32.4 Å². The molecule has 1 aliphatic rings. The lowest BCUT2D eigenvalue weighted by Crippen LogP contribution is -2.53. The Bertz CT molecular complexity index is 901. The molecule has 8 nitrogen and oxygen atoms in total. The molecule has 2 aromatic rings. The molecule has 1 unspecified atom stereocenters. The zero-order valence-electron chi connectivity index (χ0n) is 17.6. The summed E-state index contributed by atoms with van der Waals surface area (Å²) in [6.45, 7) is 7.84. The van der Waals surface area contributed by atoms with Gasteiger partial charge in [0.05, 0.1) is 5.56 Å². The number of amides is 4. The first-order valence-electron chi connectivity index (χ1n) is 10.1. The number of imide groups is 1. The number of hydrogen-bond acceptors (Lipinski definition) is 5. The van der Waals surface area contributed by atoms with E-state index in [0.29, 0.717) is 49.8 Å². The summed E-state index contributed by atoms with van der Waals surface area (Å²) >= 11 is 0. The summed E-state index contributed by atoms with van der Waals surface area (Å²) in [5, 5.41) is 5.01. The Morgan fingerprint density at radius 1 is 1.07 bits per heavy atom. The predicted octanol–water partition coefficient (Wildman–Crippen LogP) is 2.24. The zero-order valence-corrected chi connectivity index (χ0v) is 17.6. The van der Waals surface area contributed by atoms with Crippen LogP contribution in [0.4, 0.5) is 4.79 Å². The summed E-state index contributed by atoms with van der Waals surface area (Å²) in [6, 6.07) is 10.0. The molecule has 0 bridgehead atoms. The third-order valence-corrected chi connectivity index (χ3v) is 5.18. The van der Waals surface area contributed by atoms with E-state index >= 15 is 0 Å². The maximum Gasteiger partial charge on any atom is 0.321 e. The van der Waals surface area contributed by atoms with Crippen molar-refractivity contribution in [3.63, 3.8) is 0 Å². The van der Waals surface area contributed by atoms with Gasteiger partial charge in [0.15, 0.2) is 0 Å². The topological polar surface area (TPSA) is 94.9 Å². The smallest absolute Gasteiger partial charge is 0.321 e. The van der Waals surface area contributed by atoms with Gasteiger partial charge in [-0.15, -0.1) is 0 Å². The molecule has 1 aromatic heterocycles. The number of piperazine rings is 1. The molecule has 160 valence electrons. The van der Waals surface area contributed by atoms with E-state index in [9.17, 15) is 14.4 Å². The second-order valence-electron chi connectivity index (χ2n) is 7.32. The Morgan fingerprint density at radius 2 is 1.73 bits per heavy atom. The quantitative estimate of drug-likeness (QED) is 0.785. The SMILES string of the molecule is CCNC(=O)NC(=O)C(c1ccccc1)N1CCN(C(=O)c2cc(C)oc2C)CC1. The van der Waals surface area contributed by atoms with Crippen LogP contribution in [0.1, 0.15) is 40.4 Å². The molecule has 2 N–H and O–H groups in total. The van der Waals surface area contributed by atoms with Gasteiger partial charge in [0, 0.05) is 32.7 Å². The average Bonchev–Trinajstić information content (AvgIpc) is 3.07. The molecule has 2 heterocycles. The van der Waals surface area contributed by atoms with Crippen molar-refractivity contribution in [2.24, 2.45) is 0 Å². The van der Waals surface area contributed by atoms with Gasteiger partial charge in [-0.25, -0.2) is 4.79 Å². The van der Waals surface area contributed by atoms with Gasteiger partial charge >= 0.3 is 6.03 Å². The fourth-order valence-electron chi connectivity index (χ4n) is 3.75. The van der Waals surface area contributed by atoms with Gasteiger partial charge in [-0.1, -0.05) is 30.3 Å². The average molecular weight is 412 g/mol. The van der Waals surface area contributed by atoms with E-state index in [1.165, 1.54) is 0 Å². The van der Waals surface area contributed by atoms with E-state index in [4.69, 9.17) is 4.42 Å². The second-order valence-corrected chi connectivity index (χ2v) is 7.32. The van der Waals surface area contributed by atoms with Crippen LogP contribution in [-0.2, 0) is 4.79 Å². The van der Waals surface area contributed by atoms with Crippen molar-refractivity contribution in [1.29, 1.82) is 0 Å². The number of carbonyl (C=O) groups excluding carboxylic acids is 3. The molecule has 4 amide bonds. The molecule has 0 spiro atoms. The van der Waals surface area contributed by atoms with Crippen molar-refractivity contribution in [2.75, 3.05) is 32.7 Å². The summed E-state index contributed by atoms with van der Waals surface area (Å²) in [7, 11) is 0. The highest BCUT2D eigenvalue weighted by atomic mass is 16.3. The van der Waals surface area contributed by atoms with Crippen LogP contribution in [0.2, 0.25) is 0 Å². The van der Waals surface area contributed by atoms with Crippen LogP contribution in [0, 0.1) is 13.8 Å². The van der Waals surface area contributed by atoms with Gasteiger partial charge in [-0.3, -0.25) is 19.8 Å². The van der Waals surface area contributed by atoms with Crippen LogP contribution in [0.25, 0.3) is 0 Å². The second kappa shape index (κ2) is 9.58. The molecular formula is C22H28N4O4. The summed E-state index contributed by atoms with van der Waals surface area (Å²) in [6.07, 6.45) is 0. The van der Waals surface area contributed by atoms with Crippen molar-refractivity contribution in [3.8, 4) is 0 Å². The molecule has 3 rings (SSSR count). The van der Waals surface area contributed by atoms with E-state index in [-0.39, 0.29) is 11.8 Å². The maximum absolute atomic E-state index is 12.9. The molecule has 1 atom stereocenters. The van der Waals surface area contributed by atoms with E-state index < -0.39 is 12.1 Å². The molecule has 1 aliphatic heterocycles. The van der Waals surface area contributed by atoms with Crippen molar-refractivity contribution >= 4 is 17.8 Å². The van der Waals surface area contributed by atoms with Crippen LogP contribution in [0.3, 0.4) is 0 Å². The summed E-state index contributed by atoms with van der Waals surface area (Å²) < 4.78 is 5.48. The fourth-order valence-corrected chi connectivity index (χ4v) is 3.75. The minimum absolute atomic E-state index is 0.0629. The predicted molar refractivity (Wildman–Crippen MR) is 112 cm³/mol. The zero-order chi connectivity index (χ0) is 21.7. The highest BCUT2D eigenvalue weighted by Crippen LogP contribution is 2.24. The number of aryl methyl sites for hydroxylation is 2. The van der Waals surface area contributed by atoms with E-state index in [1.54, 1.807) is 24.8 Å². The van der Waals surface area contributed by atoms with E-state index in [0.717, 1.165) is 5.56 Å². The Morgan fingerprint density at radius 3 is 2.30 bits per heavy atom. The first-order valence-corrected chi connectivity index (χ1v) is 10.1. The lowest BCUT2D eigenvalue weighted by molar-refractivity contribution is -0.126. The molecule has 0 aliphatic carbocycles. The first kappa shape index (κ1) is 21.6. The van der Waals surface area contributed by atoms with Gasteiger partial charge in [0.1, 0.15) is 17.6 Å². The number of nitrogens with zero attached hydrogens (tertiary/aromatic N) is 2. The largest absolute Gasteiger partial charge is 0.466 e. The molecule has 0 saturated carbocycles. The Kier molecular flexibility index (Phi) is 6.89. The lowest BCUT2D eigenvalue weighted by Gasteiger charge is -2.38. The minimum atomic E-state index is -0.607. The van der Waals surface area contributed by atoms with Crippen molar-refractivity contribution in [3.05, 3.63) is 59.0 Å². The van der Waals surface area contributed by atoms with Crippen LogP contribution in [-0.4, -0.2) is 60.4 Å². The molecule has 0 radical (unpaired) electrons. The number of carbonyl (C=O) groups is 3. The molecule has 1 fully saturated rings. The van der Waals surface area contributed by atoms with Crippen molar-refractivity contribution < 1.29 is 18.8 Å². The number of hydrogen-bond donors (Lipinski definition) is 2. The van der Waals surface area contributed by atoms with Crippen LogP contribution >= 0.6 is 0 Å². The minimum Gasteiger partial charge on any atom is -0.466 e. The standard InChI is InChI=1S/C22H28N4O4/c1-4-23-22(29)24-20(27)19(17-8-6-5-7-9-17)25-10-12-26(13-11-25)21(28)18-14-15(2)30-16(18)3/h5-9,14,19H,4,10-13H2,1-3H3,(H2,23,24,27,29). The number of urea groups is 1. The number of nitrogens with one attached hydrogen (secondary N) is 2. The number of rotatable bonds is 5. The Hall–Kier alpha value is -3.13. The Balaban J connectivity index is 1.71. The van der Waals surface area contributed by atoms with Gasteiger partial charge in [0.2, 0.25) is 5.91 Å². The molecule has 1 saturated heterocycles. The van der Waals surface area contributed by atoms with Gasteiger partial charge in [-0.2, -0.15) is 0 Å². The van der Waals surface area contributed by atoms with Crippen LogP contribution in [0.15, 0.2) is 40.8 Å². The third kappa shape index (κ3) is 4.88. The first-order chi connectivity index (χ1) is 14.4. The monoisotopic (exact) mass is 412 g/mol. The van der Waals surface area contributed by atoms with Crippen LogP contribution < -0.4 is 10.6 Å². The highest BCUT2D eigenvalue weighted by molar-refractivity contribution is 5.97. The normalized spacial score (nSPS) is 15.5. The Labute approximate surface area is 176 Å². The fraction of sp³-hybridized carbons (Fsp3) is 0.409. The van der Waals surface area contributed by atoms with Gasteiger partial charge in [0.25, 0.3) is 5.91 Å². The summed E-state index contributed by atoms with van der Waals surface area (Å²) in [5.41, 5.74) is 1.38. The van der Waals surface area contributed by atoms with Crippen LogP contribution in [0.5, 0.6) is 0 Å². The van der Waals surface area contributed by atoms with Gasteiger partial charge < -0.3 is 14.6 Å². The summed E-state index contributed by atoms with van der Waals surface area (Å²) in [5.74, 6) is 0.879.